The highest BCUT2D eigenvalue weighted by molar-refractivity contribution is 6.31. The minimum atomic E-state index is -0.0119. The zero-order valence-corrected chi connectivity index (χ0v) is 11.0. The number of aryl methyl sites for hydroxylation is 1. The van der Waals surface area contributed by atoms with Crippen LogP contribution in [0.3, 0.4) is 0 Å². The molecular weight excluding hydrogens is 275 g/mol. The van der Waals surface area contributed by atoms with E-state index in [0.717, 1.165) is 12.0 Å². The third-order valence-electron chi connectivity index (χ3n) is 2.21. The highest BCUT2D eigenvalue weighted by Gasteiger charge is 2.07. The summed E-state index contributed by atoms with van der Waals surface area (Å²) in [4.78, 5) is 11.3. The van der Waals surface area contributed by atoms with Crippen LogP contribution in [0.4, 0.5) is 5.95 Å². The van der Waals surface area contributed by atoms with E-state index < -0.39 is 0 Å². The molecule has 0 bridgehead atoms. The van der Waals surface area contributed by atoms with Gasteiger partial charge >= 0.3 is 6.01 Å². The van der Waals surface area contributed by atoms with Crippen LogP contribution >= 0.6 is 23.2 Å². The summed E-state index contributed by atoms with van der Waals surface area (Å²) < 4.78 is 5.45. The minimum absolute atomic E-state index is 0.00896. The number of nitrogen functional groups attached to an aromatic ring is 1. The molecule has 0 saturated heterocycles. The van der Waals surface area contributed by atoms with Gasteiger partial charge in [0.25, 0.3) is 0 Å². The van der Waals surface area contributed by atoms with E-state index in [0.29, 0.717) is 10.8 Å². The third kappa shape index (κ3) is 3.00. The van der Waals surface area contributed by atoms with Gasteiger partial charge in [0, 0.05) is 5.02 Å². The maximum atomic E-state index is 6.01. The summed E-state index contributed by atoms with van der Waals surface area (Å²) in [6, 6.07) is 5.34. The lowest BCUT2D eigenvalue weighted by Gasteiger charge is -2.07. The molecule has 1 aromatic heterocycles. The number of nitrogens with zero attached hydrogens (tertiary/aromatic N) is 3. The summed E-state index contributed by atoms with van der Waals surface area (Å²) in [6.45, 7) is 2.00. The first kappa shape index (κ1) is 12.9. The molecule has 2 rings (SSSR count). The van der Waals surface area contributed by atoms with Crippen molar-refractivity contribution in [1.82, 2.24) is 15.0 Å². The Labute approximate surface area is 114 Å². The second kappa shape index (κ2) is 5.37. The summed E-state index contributed by atoms with van der Waals surface area (Å²) >= 11 is 11.7. The highest BCUT2D eigenvalue weighted by Crippen LogP contribution is 2.25. The van der Waals surface area contributed by atoms with E-state index in [4.69, 9.17) is 33.7 Å². The summed E-state index contributed by atoms with van der Waals surface area (Å²) in [5.74, 6) is 0.576. The first-order valence-electron chi connectivity index (χ1n) is 5.22. The molecule has 0 aliphatic heterocycles. The van der Waals surface area contributed by atoms with Crippen molar-refractivity contribution in [3.8, 4) is 11.8 Å². The normalized spacial score (nSPS) is 10.4. The Morgan fingerprint density at radius 1 is 1.22 bits per heavy atom. The van der Waals surface area contributed by atoms with Gasteiger partial charge in [-0.25, -0.2) is 0 Å². The number of ether oxygens (including phenoxy) is 1. The number of aromatic nitrogens is 3. The monoisotopic (exact) mass is 284 g/mol. The van der Waals surface area contributed by atoms with Crippen molar-refractivity contribution in [2.24, 2.45) is 0 Å². The fraction of sp³-hybridized carbons (Fsp3) is 0.182. The molecule has 0 radical (unpaired) electrons. The summed E-state index contributed by atoms with van der Waals surface area (Å²) in [7, 11) is 0. The van der Waals surface area contributed by atoms with E-state index >= 15 is 0 Å². The van der Waals surface area contributed by atoms with Crippen LogP contribution < -0.4 is 10.5 Å². The number of anilines is 1. The van der Waals surface area contributed by atoms with Crippen molar-refractivity contribution in [1.29, 1.82) is 0 Å². The Kier molecular flexibility index (Phi) is 3.84. The maximum Gasteiger partial charge on any atom is 0.328 e. The fourth-order valence-corrected chi connectivity index (χ4v) is 1.79. The number of rotatable bonds is 3. The number of hydrogen-bond donors (Lipinski definition) is 1. The average molecular weight is 285 g/mol. The number of hydrogen-bond acceptors (Lipinski definition) is 5. The van der Waals surface area contributed by atoms with Crippen molar-refractivity contribution < 1.29 is 4.74 Å². The second-order valence-electron chi connectivity index (χ2n) is 3.45. The molecule has 2 aromatic rings. The standard InChI is InChI=1S/C11H10Cl2N4O/c1-2-6-5-7(3-4-8(6)12)18-11-16-9(13)15-10(14)17-11/h3-5H,2H2,1H3,(H2,14,15,16,17). The Morgan fingerprint density at radius 2 is 2.00 bits per heavy atom. The van der Waals surface area contributed by atoms with Gasteiger partial charge in [0.1, 0.15) is 5.75 Å². The Hall–Kier alpha value is -1.59. The largest absolute Gasteiger partial charge is 0.424 e. The smallest absolute Gasteiger partial charge is 0.328 e. The average Bonchev–Trinajstić information content (AvgIpc) is 2.30. The SMILES string of the molecule is CCc1cc(Oc2nc(N)nc(Cl)n2)ccc1Cl. The summed E-state index contributed by atoms with van der Waals surface area (Å²) in [5.41, 5.74) is 6.42. The Bertz CT molecular complexity index is 557. The Morgan fingerprint density at radius 3 is 2.67 bits per heavy atom. The van der Waals surface area contributed by atoms with Crippen LogP contribution in [0.2, 0.25) is 10.3 Å². The van der Waals surface area contributed by atoms with Crippen molar-refractivity contribution in [2.45, 2.75) is 13.3 Å². The van der Waals surface area contributed by atoms with E-state index in [2.05, 4.69) is 15.0 Å². The lowest BCUT2D eigenvalue weighted by molar-refractivity contribution is 0.440. The molecule has 2 N–H and O–H groups in total. The predicted octanol–water partition coefficient (Wildman–Crippen LogP) is 3.12. The number of benzene rings is 1. The van der Waals surface area contributed by atoms with Crippen LogP contribution in [0.25, 0.3) is 0 Å². The van der Waals surface area contributed by atoms with Gasteiger partial charge in [-0.15, -0.1) is 0 Å². The van der Waals surface area contributed by atoms with E-state index in [-0.39, 0.29) is 17.2 Å². The molecule has 1 heterocycles. The lowest BCUT2D eigenvalue weighted by Crippen LogP contribution is -2.00. The topological polar surface area (TPSA) is 73.9 Å². The molecule has 0 unspecified atom stereocenters. The van der Waals surface area contributed by atoms with E-state index in [9.17, 15) is 0 Å². The molecule has 18 heavy (non-hydrogen) atoms. The molecule has 0 atom stereocenters. The Balaban J connectivity index is 2.28. The highest BCUT2D eigenvalue weighted by atomic mass is 35.5. The molecule has 0 aliphatic carbocycles. The molecule has 0 amide bonds. The van der Waals surface area contributed by atoms with Crippen LogP contribution in [0.1, 0.15) is 12.5 Å². The van der Waals surface area contributed by atoms with Crippen LogP contribution in [0.5, 0.6) is 11.8 Å². The number of halogens is 2. The van der Waals surface area contributed by atoms with Gasteiger partial charge in [-0.2, -0.15) is 15.0 Å². The number of nitrogens with two attached hydrogens (primary N) is 1. The van der Waals surface area contributed by atoms with E-state index in [1.54, 1.807) is 12.1 Å². The van der Waals surface area contributed by atoms with Crippen molar-refractivity contribution >= 4 is 29.2 Å². The van der Waals surface area contributed by atoms with E-state index in [1.807, 2.05) is 13.0 Å². The zero-order chi connectivity index (χ0) is 13.1. The fourth-order valence-electron chi connectivity index (χ4n) is 1.38. The molecule has 0 fully saturated rings. The molecule has 7 heteroatoms. The molecule has 1 aromatic carbocycles. The van der Waals surface area contributed by atoms with Crippen LogP contribution in [-0.4, -0.2) is 15.0 Å². The van der Waals surface area contributed by atoms with Crippen LogP contribution in [0, 0.1) is 0 Å². The second-order valence-corrected chi connectivity index (χ2v) is 4.20. The van der Waals surface area contributed by atoms with Gasteiger partial charge in [-0.3, -0.25) is 0 Å². The quantitative estimate of drug-likeness (QED) is 0.937. The third-order valence-corrected chi connectivity index (χ3v) is 2.75. The van der Waals surface area contributed by atoms with Gasteiger partial charge in [0.15, 0.2) is 0 Å². The van der Waals surface area contributed by atoms with Crippen molar-refractivity contribution in [3.05, 3.63) is 34.1 Å². The lowest BCUT2D eigenvalue weighted by atomic mass is 10.1. The summed E-state index contributed by atoms with van der Waals surface area (Å²) in [6.07, 6.45) is 0.802. The van der Waals surface area contributed by atoms with Crippen molar-refractivity contribution in [3.63, 3.8) is 0 Å². The van der Waals surface area contributed by atoms with Gasteiger partial charge < -0.3 is 10.5 Å². The molecule has 5 nitrogen and oxygen atoms in total. The van der Waals surface area contributed by atoms with Gasteiger partial charge in [0.2, 0.25) is 11.2 Å². The minimum Gasteiger partial charge on any atom is -0.424 e. The molecule has 0 saturated carbocycles. The van der Waals surface area contributed by atoms with Crippen LogP contribution in [-0.2, 0) is 6.42 Å². The maximum absolute atomic E-state index is 6.01. The predicted molar refractivity (Wildman–Crippen MR) is 70.2 cm³/mol. The van der Waals surface area contributed by atoms with E-state index in [1.165, 1.54) is 0 Å². The summed E-state index contributed by atoms with van der Waals surface area (Å²) in [5, 5.41) is 0.681. The first-order valence-corrected chi connectivity index (χ1v) is 5.97. The van der Waals surface area contributed by atoms with Gasteiger partial charge in [0.05, 0.1) is 0 Å². The molecular formula is C11H10Cl2N4O. The van der Waals surface area contributed by atoms with Crippen molar-refractivity contribution in [2.75, 3.05) is 5.73 Å². The molecule has 94 valence electrons. The van der Waals surface area contributed by atoms with Gasteiger partial charge in [-0.1, -0.05) is 18.5 Å². The van der Waals surface area contributed by atoms with Crippen LogP contribution in [0.15, 0.2) is 18.2 Å². The molecule has 0 spiro atoms. The first-order chi connectivity index (χ1) is 8.58. The molecule has 0 aliphatic rings. The van der Waals surface area contributed by atoms with Gasteiger partial charge in [-0.05, 0) is 41.8 Å². The zero-order valence-electron chi connectivity index (χ0n) is 9.52.